The fourth-order valence-corrected chi connectivity index (χ4v) is 2.89. The summed E-state index contributed by atoms with van der Waals surface area (Å²) in [6, 6.07) is 8.16. The number of thiocarbonyl (C=S) groups is 1. The minimum Gasteiger partial charge on any atom is -0.378 e. The molecule has 1 amide bonds. The molecule has 0 radical (unpaired) electrons. The lowest BCUT2D eigenvalue weighted by Crippen LogP contribution is -2.47. The number of H-pyrrole nitrogens is 1. The fraction of sp³-hybridized carbons (Fsp3) is 0.375. The smallest absolute Gasteiger partial charge is 0.278 e. The van der Waals surface area contributed by atoms with Crippen molar-refractivity contribution in [3.63, 3.8) is 0 Å². The maximum atomic E-state index is 12.1. The van der Waals surface area contributed by atoms with Crippen molar-refractivity contribution >= 4 is 34.0 Å². The molecule has 1 fully saturated rings. The fourth-order valence-electron chi connectivity index (χ4n) is 2.63. The van der Waals surface area contributed by atoms with Gasteiger partial charge in [-0.15, -0.1) is 0 Å². The average molecular weight is 317 g/mol. The molecule has 116 valence electrons. The zero-order valence-corrected chi connectivity index (χ0v) is 13.1. The summed E-state index contributed by atoms with van der Waals surface area (Å²) < 4.78 is 5.26. The molecule has 1 aliphatic rings. The first-order valence-electron chi connectivity index (χ1n) is 7.45. The molecule has 5 nitrogen and oxygen atoms in total. The second-order valence-corrected chi connectivity index (χ2v) is 5.66. The Balaban J connectivity index is 1.52. The van der Waals surface area contributed by atoms with Crippen LogP contribution in [0, 0.1) is 0 Å². The van der Waals surface area contributed by atoms with E-state index in [9.17, 15) is 4.79 Å². The molecule has 0 spiro atoms. The first-order chi connectivity index (χ1) is 10.8. The van der Waals surface area contributed by atoms with Crippen molar-refractivity contribution in [2.75, 3.05) is 32.8 Å². The molecule has 2 heterocycles. The van der Waals surface area contributed by atoms with Gasteiger partial charge in [-0.1, -0.05) is 30.4 Å². The third-order valence-corrected chi connectivity index (χ3v) is 4.29. The summed E-state index contributed by atoms with van der Waals surface area (Å²) in [6.45, 7) is 3.21. The number of carbonyl (C=O) groups excluding carboxylic acids is 1. The largest absolute Gasteiger partial charge is 0.378 e. The number of benzene rings is 1. The van der Waals surface area contributed by atoms with Crippen LogP contribution in [-0.4, -0.2) is 53.6 Å². The molecule has 0 atom stereocenters. The highest BCUT2D eigenvalue weighted by atomic mass is 32.1. The highest BCUT2D eigenvalue weighted by molar-refractivity contribution is 7.82. The van der Waals surface area contributed by atoms with E-state index in [4.69, 9.17) is 17.0 Å². The van der Waals surface area contributed by atoms with Gasteiger partial charge >= 0.3 is 0 Å². The Morgan fingerprint density at radius 2 is 2.09 bits per heavy atom. The van der Waals surface area contributed by atoms with Crippen molar-refractivity contribution in [2.24, 2.45) is 0 Å². The molecular formula is C16H19N3O2S. The predicted octanol–water partition coefficient (Wildman–Crippen LogP) is 1.49. The zero-order chi connectivity index (χ0) is 15.4. The second-order valence-electron chi connectivity index (χ2n) is 5.27. The van der Waals surface area contributed by atoms with E-state index in [2.05, 4.69) is 16.4 Å². The van der Waals surface area contributed by atoms with Crippen molar-refractivity contribution in [2.45, 2.75) is 6.42 Å². The quantitative estimate of drug-likeness (QED) is 0.842. The lowest BCUT2D eigenvalue weighted by molar-refractivity contribution is -0.115. The van der Waals surface area contributed by atoms with Crippen LogP contribution in [0.15, 0.2) is 30.5 Å². The number of aromatic amines is 1. The van der Waals surface area contributed by atoms with Crippen molar-refractivity contribution in [3.05, 3.63) is 36.0 Å². The maximum absolute atomic E-state index is 12.1. The lowest BCUT2D eigenvalue weighted by atomic mass is 10.1. The van der Waals surface area contributed by atoms with E-state index < -0.39 is 0 Å². The molecule has 3 rings (SSSR count). The molecule has 0 aliphatic carbocycles. The number of rotatable bonds is 3. The van der Waals surface area contributed by atoms with E-state index in [-0.39, 0.29) is 5.91 Å². The number of hydrogen-bond acceptors (Lipinski definition) is 3. The summed E-state index contributed by atoms with van der Waals surface area (Å²) in [7, 11) is 0. The first kappa shape index (κ1) is 15.0. The normalized spacial score (nSPS) is 15.0. The number of morpholine rings is 1. The van der Waals surface area contributed by atoms with Gasteiger partial charge in [-0.25, -0.2) is 0 Å². The van der Waals surface area contributed by atoms with E-state index in [1.165, 1.54) is 10.9 Å². The van der Waals surface area contributed by atoms with Crippen LogP contribution in [0.3, 0.4) is 0 Å². The number of nitrogens with zero attached hydrogens (tertiary/aromatic N) is 1. The Bertz CT molecular complexity index is 677. The van der Waals surface area contributed by atoms with Crippen molar-refractivity contribution in [1.82, 2.24) is 15.2 Å². The number of fused-ring (bicyclic) bond motifs is 1. The molecular weight excluding hydrogens is 298 g/mol. The van der Waals surface area contributed by atoms with Crippen molar-refractivity contribution in [3.8, 4) is 0 Å². The van der Waals surface area contributed by atoms with Gasteiger partial charge < -0.3 is 19.9 Å². The number of amides is 1. The highest BCUT2D eigenvalue weighted by Gasteiger charge is 2.19. The topological polar surface area (TPSA) is 57.4 Å². The SMILES string of the molecule is O=C(NCCc1c[nH]c2ccccc12)C(=S)N1CCOCC1. The lowest BCUT2D eigenvalue weighted by Gasteiger charge is -2.28. The van der Waals surface area contributed by atoms with Crippen LogP contribution in [0.2, 0.25) is 0 Å². The van der Waals surface area contributed by atoms with Crippen LogP contribution >= 0.6 is 12.2 Å². The number of hydrogen-bond donors (Lipinski definition) is 2. The Kier molecular flexibility index (Phi) is 4.70. The number of para-hydroxylation sites is 1. The van der Waals surface area contributed by atoms with Crippen LogP contribution in [0.5, 0.6) is 0 Å². The third kappa shape index (κ3) is 3.28. The molecule has 2 aromatic rings. The number of ether oxygens (including phenoxy) is 1. The van der Waals surface area contributed by atoms with Crippen molar-refractivity contribution in [1.29, 1.82) is 0 Å². The van der Waals surface area contributed by atoms with E-state index in [0.717, 1.165) is 11.9 Å². The second kappa shape index (κ2) is 6.89. The average Bonchev–Trinajstić information content (AvgIpc) is 2.98. The molecule has 1 aliphatic heterocycles. The Morgan fingerprint density at radius 3 is 2.91 bits per heavy atom. The Hall–Kier alpha value is -1.92. The standard InChI is InChI=1S/C16H19N3O2S/c20-15(16(22)19-7-9-21-10-8-19)17-6-5-12-11-18-14-4-2-1-3-13(12)14/h1-4,11,18H,5-10H2,(H,17,20). The van der Waals surface area contributed by atoms with Gasteiger partial charge in [-0.05, 0) is 18.1 Å². The molecule has 2 N–H and O–H groups in total. The Morgan fingerprint density at radius 1 is 1.32 bits per heavy atom. The van der Waals surface area contributed by atoms with E-state index >= 15 is 0 Å². The molecule has 6 heteroatoms. The molecule has 1 saturated heterocycles. The monoisotopic (exact) mass is 317 g/mol. The van der Waals surface area contributed by atoms with Crippen LogP contribution in [0.25, 0.3) is 10.9 Å². The first-order valence-corrected chi connectivity index (χ1v) is 7.86. The molecule has 0 unspecified atom stereocenters. The molecule has 1 aromatic heterocycles. The van der Waals surface area contributed by atoms with Crippen molar-refractivity contribution < 1.29 is 9.53 Å². The summed E-state index contributed by atoms with van der Waals surface area (Å²) in [4.78, 5) is 17.6. The van der Waals surface area contributed by atoms with Gasteiger partial charge in [0.25, 0.3) is 5.91 Å². The minimum absolute atomic E-state index is 0.170. The van der Waals surface area contributed by atoms with Gasteiger partial charge in [0.05, 0.1) is 13.2 Å². The van der Waals surface area contributed by atoms with Crippen LogP contribution in [-0.2, 0) is 16.0 Å². The summed E-state index contributed by atoms with van der Waals surface area (Å²) in [5, 5.41) is 4.11. The van der Waals surface area contributed by atoms with Gasteiger partial charge in [0.1, 0.15) is 0 Å². The Labute approximate surface area is 134 Å². The molecule has 0 bridgehead atoms. The van der Waals surface area contributed by atoms with Crippen LogP contribution in [0.4, 0.5) is 0 Å². The summed E-state index contributed by atoms with van der Waals surface area (Å²) in [5.41, 5.74) is 2.32. The molecule has 22 heavy (non-hydrogen) atoms. The third-order valence-electron chi connectivity index (χ3n) is 3.85. The van der Waals surface area contributed by atoms with E-state index in [1.807, 2.05) is 29.3 Å². The van der Waals surface area contributed by atoms with Crippen LogP contribution in [0.1, 0.15) is 5.56 Å². The number of carbonyl (C=O) groups is 1. The summed E-state index contributed by atoms with van der Waals surface area (Å²) >= 11 is 5.24. The summed E-state index contributed by atoms with van der Waals surface area (Å²) in [5.74, 6) is -0.170. The molecule has 1 aromatic carbocycles. The van der Waals surface area contributed by atoms with E-state index in [0.29, 0.717) is 37.8 Å². The van der Waals surface area contributed by atoms with E-state index in [1.54, 1.807) is 0 Å². The minimum atomic E-state index is -0.170. The zero-order valence-electron chi connectivity index (χ0n) is 12.3. The summed E-state index contributed by atoms with van der Waals surface area (Å²) in [6.07, 6.45) is 2.78. The predicted molar refractivity (Wildman–Crippen MR) is 90.0 cm³/mol. The van der Waals surface area contributed by atoms with Gasteiger partial charge in [0.2, 0.25) is 0 Å². The molecule has 0 saturated carbocycles. The highest BCUT2D eigenvalue weighted by Crippen LogP contribution is 2.17. The number of nitrogens with one attached hydrogen (secondary N) is 2. The van der Waals surface area contributed by atoms with Gasteiger partial charge in [0.15, 0.2) is 4.99 Å². The number of aromatic nitrogens is 1. The van der Waals surface area contributed by atoms with Gasteiger partial charge in [-0.3, -0.25) is 4.79 Å². The van der Waals surface area contributed by atoms with Crippen LogP contribution < -0.4 is 5.32 Å². The maximum Gasteiger partial charge on any atom is 0.278 e. The van der Waals surface area contributed by atoms with Gasteiger partial charge in [-0.2, -0.15) is 0 Å². The van der Waals surface area contributed by atoms with Gasteiger partial charge in [0, 0.05) is 36.7 Å².